The molecule has 8 heteroatoms. The number of carbonyl (C=O) groups excluding carboxylic acids is 1. The van der Waals surface area contributed by atoms with Gasteiger partial charge in [-0.25, -0.2) is 12.8 Å². The number of nitrogens with zero attached hydrogens (tertiary/aromatic N) is 1. The van der Waals surface area contributed by atoms with Crippen LogP contribution in [0.25, 0.3) is 0 Å². The largest absolute Gasteiger partial charge is 0.492 e. The fraction of sp³-hybridized carbons (Fsp3) is 0.316. The minimum Gasteiger partial charge on any atom is -0.492 e. The van der Waals surface area contributed by atoms with Crippen LogP contribution in [-0.2, 0) is 10.0 Å². The number of halogens is 1. The highest BCUT2D eigenvalue weighted by atomic mass is 32.2. The Kier molecular flexibility index (Phi) is 7.32. The molecule has 2 aromatic carbocycles. The number of sulfonamides is 1. The standard InChI is InChI=1S/C19H23FN2O4S/c1-3-22(4-2)27(24,25)18-14-15(10-11-17(18)20)19(23)21-12-13-26-16-8-6-5-7-9-16/h5-11,14H,3-4,12-13H2,1-2H3,(H,21,23). The van der Waals surface area contributed by atoms with Crippen molar-refractivity contribution in [3.8, 4) is 5.75 Å². The third kappa shape index (κ3) is 5.27. The van der Waals surface area contributed by atoms with Crippen molar-refractivity contribution in [3.63, 3.8) is 0 Å². The predicted octanol–water partition coefficient (Wildman–Crippen LogP) is 2.67. The molecule has 27 heavy (non-hydrogen) atoms. The quantitative estimate of drug-likeness (QED) is 0.664. The molecule has 0 saturated carbocycles. The maximum absolute atomic E-state index is 14.1. The Labute approximate surface area is 159 Å². The zero-order valence-corrected chi connectivity index (χ0v) is 16.1. The van der Waals surface area contributed by atoms with Gasteiger partial charge < -0.3 is 10.1 Å². The summed E-state index contributed by atoms with van der Waals surface area (Å²) in [6.07, 6.45) is 0. The van der Waals surface area contributed by atoms with Gasteiger partial charge in [-0.15, -0.1) is 0 Å². The first-order valence-electron chi connectivity index (χ1n) is 8.65. The number of benzene rings is 2. The molecule has 0 aliphatic heterocycles. The van der Waals surface area contributed by atoms with Gasteiger partial charge in [-0.3, -0.25) is 4.79 Å². The summed E-state index contributed by atoms with van der Waals surface area (Å²) in [5.74, 6) is -0.699. The number of amides is 1. The summed E-state index contributed by atoms with van der Waals surface area (Å²) in [5, 5.41) is 2.63. The van der Waals surface area contributed by atoms with E-state index >= 15 is 0 Å². The summed E-state index contributed by atoms with van der Waals surface area (Å²) in [6.45, 7) is 4.24. The van der Waals surface area contributed by atoms with E-state index in [1.807, 2.05) is 18.2 Å². The van der Waals surface area contributed by atoms with Crippen molar-refractivity contribution in [1.82, 2.24) is 9.62 Å². The molecular formula is C19H23FN2O4S. The van der Waals surface area contributed by atoms with Crippen molar-refractivity contribution >= 4 is 15.9 Å². The van der Waals surface area contributed by atoms with Crippen LogP contribution in [0.1, 0.15) is 24.2 Å². The van der Waals surface area contributed by atoms with E-state index in [-0.39, 0.29) is 31.8 Å². The zero-order valence-electron chi connectivity index (χ0n) is 15.3. The van der Waals surface area contributed by atoms with Gasteiger partial charge in [0.2, 0.25) is 10.0 Å². The first-order valence-corrected chi connectivity index (χ1v) is 10.1. The summed E-state index contributed by atoms with van der Waals surface area (Å²) < 4.78 is 45.8. The number of rotatable bonds is 9. The number of ether oxygens (including phenoxy) is 1. The smallest absolute Gasteiger partial charge is 0.251 e. The van der Waals surface area contributed by atoms with E-state index in [0.717, 1.165) is 16.4 Å². The molecule has 0 heterocycles. The first-order chi connectivity index (χ1) is 12.9. The molecule has 1 amide bonds. The highest BCUT2D eigenvalue weighted by molar-refractivity contribution is 7.89. The lowest BCUT2D eigenvalue weighted by molar-refractivity contribution is 0.0946. The lowest BCUT2D eigenvalue weighted by Gasteiger charge is -2.19. The molecule has 0 atom stereocenters. The predicted molar refractivity (Wildman–Crippen MR) is 101 cm³/mol. The van der Waals surface area contributed by atoms with Gasteiger partial charge >= 0.3 is 0 Å². The molecule has 0 aromatic heterocycles. The maximum Gasteiger partial charge on any atom is 0.251 e. The molecule has 146 valence electrons. The van der Waals surface area contributed by atoms with E-state index in [2.05, 4.69) is 5.32 Å². The number of para-hydroxylation sites is 1. The Morgan fingerprint density at radius 3 is 2.41 bits per heavy atom. The average Bonchev–Trinajstić information content (AvgIpc) is 2.67. The second kappa shape index (κ2) is 9.48. The SMILES string of the molecule is CCN(CC)S(=O)(=O)c1cc(C(=O)NCCOc2ccccc2)ccc1F. The third-order valence-corrected chi connectivity index (χ3v) is 5.98. The van der Waals surface area contributed by atoms with Gasteiger partial charge in [0.15, 0.2) is 0 Å². The number of nitrogens with one attached hydrogen (secondary N) is 1. The van der Waals surface area contributed by atoms with Crippen LogP contribution in [0.4, 0.5) is 4.39 Å². The molecule has 2 rings (SSSR count). The van der Waals surface area contributed by atoms with Gasteiger partial charge in [-0.2, -0.15) is 4.31 Å². The van der Waals surface area contributed by atoms with Gasteiger partial charge in [-0.05, 0) is 30.3 Å². The lowest BCUT2D eigenvalue weighted by atomic mass is 10.2. The molecule has 0 spiro atoms. The van der Waals surface area contributed by atoms with Gasteiger partial charge in [-0.1, -0.05) is 32.0 Å². The summed E-state index contributed by atoms with van der Waals surface area (Å²) >= 11 is 0. The highest BCUT2D eigenvalue weighted by Gasteiger charge is 2.26. The van der Waals surface area contributed by atoms with Crippen molar-refractivity contribution in [1.29, 1.82) is 0 Å². The van der Waals surface area contributed by atoms with Gasteiger partial charge in [0.05, 0.1) is 6.54 Å². The van der Waals surface area contributed by atoms with Crippen LogP contribution in [0.5, 0.6) is 5.75 Å². The minimum absolute atomic E-state index is 0.0712. The van der Waals surface area contributed by atoms with Gasteiger partial charge in [0.1, 0.15) is 23.1 Å². The van der Waals surface area contributed by atoms with Crippen LogP contribution < -0.4 is 10.1 Å². The van der Waals surface area contributed by atoms with E-state index in [9.17, 15) is 17.6 Å². The molecule has 2 aromatic rings. The fourth-order valence-electron chi connectivity index (χ4n) is 2.50. The van der Waals surface area contributed by atoms with Crippen molar-refractivity contribution in [3.05, 3.63) is 59.9 Å². The van der Waals surface area contributed by atoms with E-state index in [0.29, 0.717) is 5.75 Å². The minimum atomic E-state index is -4.00. The Balaban J connectivity index is 2.05. The second-order valence-corrected chi connectivity index (χ2v) is 7.56. The van der Waals surface area contributed by atoms with Crippen molar-refractivity contribution < 1.29 is 22.3 Å². The van der Waals surface area contributed by atoms with Crippen molar-refractivity contribution in [2.75, 3.05) is 26.2 Å². The van der Waals surface area contributed by atoms with Gasteiger partial charge in [0.25, 0.3) is 5.91 Å². The summed E-state index contributed by atoms with van der Waals surface area (Å²) in [7, 11) is -4.00. The Bertz CT molecular complexity index is 869. The normalized spacial score (nSPS) is 11.4. The molecule has 0 bridgehead atoms. The van der Waals surface area contributed by atoms with Crippen LogP contribution in [-0.4, -0.2) is 44.9 Å². The summed E-state index contributed by atoms with van der Waals surface area (Å²) in [5.41, 5.74) is 0.0712. The molecule has 0 radical (unpaired) electrons. The van der Waals surface area contributed by atoms with E-state index < -0.39 is 26.6 Å². The van der Waals surface area contributed by atoms with Crippen molar-refractivity contribution in [2.24, 2.45) is 0 Å². The molecule has 0 unspecified atom stereocenters. The fourth-order valence-corrected chi connectivity index (χ4v) is 4.05. The summed E-state index contributed by atoms with van der Waals surface area (Å²) in [6, 6.07) is 12.5. The molecule has 0 saturated heterocycles. The first kappa shape index (κ1) is 20.9. The Hall–Kier alpha value is -2.45. The summed E-state index contributed by atoms with van der Waals surface area (Å²) in [4.78, 5) is 11.8. The van der Waals surface area contributed by atoms with Crippen LogP contribution >= 0.6 is 0 Å². The van der Waals surface area contributed by atoms with Crippen LogP contribution in [0.2, 0.25) is 0 Å². The van der Waals surface area contributed by atoms with Crippen LogP contribution in [0, 0.1) is 5.82 Å². The van der Waals surface area contributed by atoms with Crippen LogP contribution in [0.15, 0.2) is 53.4 Å². The zero-order chi connectivity index (χ0) is 19.9. The highest BCUT2D eigenvalue weighted by Crippen LogP contribution is 2.20. The number of hydrogen-bond donors (Lipinski definition) is 1. The molecular weight excluding hydrogens is 371 g/mol. The van der Waals surface area contributed by atoms with Crippen LogP contribution in [0.3, 0.4) is 0 Å². The maximum atomic E-state index is 14.1. The van der Waals surface area contributed by atoms with E-state index in [1.165, 1.54) is 6.07 Å². The molecule has 1 N–H and O–H groups in total. The van der Waals surface area contributed by atoms with Gasteiger partial charge in [0, 0.05) is 18.7 Å². The second-order valence-electron chi connectivity index (χ2n) is 5.65. The number of hydrogen-bond acceptors (Lipinski definition) is 4. The van der Waals surface area contributed by atoms with E-state index in [4.69, 9.17) is 4.74 Å². The molecule has 0 fully saturated rings. The third-order valence-electron chi connectivity index (χ3n) is 3.92. The molecule has 6 nitrogen and oxygen atoms in total. The Morgan fingerprint density at radius 1 is 1.11 bits per heavy atom. The average molecular weight is 394 g/mol. The lowest BCUT2D eigenvalue weighted by Crippen LogP contribution is -2.32. The number of carbonyl (C=O) groups is 1. The topological polar surface area (TPSA) is 75.7 Å². The molecule has 0 aliphatic carbocycles. The van der Waals surface area contributed by atoms with E-state index in [1.54, 1.807) is 26.0 Å². The molecule has 0 aliphatic rings. The van der Waals surface area contributed by atoms with Crippen molar-refractivity contribution in [2.45, 2.75) is 18.7 Å². The monoisotopic (exact) mass is 394 g/mol. The Morgan fingerprint density at radius 2 is 1.78 bits per heavy atom.